The second-order valence-electron chi connectivity index (χ2n) is 4.09. The minimum atomic E-state index is 0.315. The van der Waals surface area contributed by atoms with Gasteiger partial charge in [-0.1, -0.05) is 6.42 Å². The SMILES string of the molecule is Clc1nccc(CNCC2CCCCN2)n1. The highest BCUT2D eigenvalue weighted by Crippen LogP contribution is 2.06. The lowest BCUT2D eigenvalue weighted by atomic mass is 10.1. The number of rotatable bonds is 4. The third-order valence-electron chi connectivity index (χ3n) is 2.79. The Morgan fingerprint density at radius 2 is 2.44 bits per heavy atom. The number of piperidine rings is 1. The highest BCUT2D eigenvalue weighted by molar-refractivity contribution is 6.28. The highest BCUT2D eigenvalue weighted by Gasteiger charge is 2.11. The fourth-order valence-electron chi connectivity index (χ4n) is 1.94. The lowest BCUT2D eigenvalue weighted by Crippen LogP contribution is -2.41. The second kappa shape index (κ2) is 6.13. The second-order valence-corrected chi connectivity index (χ2v) is 4.43. The summed E-state index contributed by atoms with van der Waals surface area (Å²) in [6.07, 6.45) is 5.58. The van der Waals surface area contributed by atoms with E-state index in [1.807, 2.05) is 6.07 Å². The van der Waals surface area contributed by atoms with Gasteiger partial charge in [0.1, 0.15) is 0 Å². The van der Waals surface area contributed by atoms with Crippen molar-refractivity contribution in [2.24, 2.45) is 0 Å². The molecule has 0 aromatic carbocycles. The fourth-order valence-corrected chi connectivity index (χ4v) is 2.11. The number of nitrogens with one attached hydrogen (secondary N) is 2. The number of halogens is 1. The maximum atomic E-state index is 5.71. The van der Waals surface area contributed by atoms with Gasteiger partial charge in [0.05, 0.1) is 5.69 Å². The Morgan fingerprint density at radius 1 is 1.50 bits per heavy atom. The Labute approximate surface area is 101 Å². The molecule has 0 spiro atoms. The van der Waals surface area contributed by atoms with Crippen molar-refractivity contribution in [2.45, 2.75) is 31.8 Å². The normalized spacial score (nSPS) is 20.9. The van der Waals surface area contributed by atoms with E-state index in [0.717, 1.165) is 25.3 Å². The summed E-state index contributed by atoms with van der Waals surface area (Å²) in [5.41, 5.74) is 0.941. The predicted octanol–water partition coefficient (Wildman–Crippen LogP) is 1.36. The summed E-state index contributed by atoms with van der Waals surface area (Å²) in [5, 5.41) is 7.20. The number of hydrogen-bond acceptors (Lipinski definition) is 4. The van der Waals surface area contributed by atoms with E-state index in [4.69, 9.17) is 11.6 Å². The first-order valence-electron chi connectivity index (χ1n) is 5.76. The molecule has 0 aliphatic carbocycles. The molecule has 1 aliphatic heterocycles. The molecule has 0 bridgehead atoms. The van der Waals surface area contributed by atoms with Crippen molar-refractivity contribution in [1.29, 1.82) is 0 Å². The third kappa shape index (κ3) is 3.70. The van der Waals surface area contributed by atoms with Crippen LogP contribution in [0, 0.1) is 0 Å². The van der Waals surface area contributed by atoms with Crippen LogP contribution in [0.4, 0.5) is 0 Å². The summed E-state index contributed by atoms with van der Waals surface area (Å²) in [6, 6.07) is 2.48. The molecule has 1 atom stereocenters. The topological polar surface area (TPSA) is 49.8 Å². The van der Waals surface area contributed by atoms with Crippen LogP contribution in [0.3, 0.4) is 0 Å². The first kappa shape index (κ1) is 11.8. The molecule has 1 saturated heterocycles. The van der Waals surface area contributed by atoms with Crippen molar-refractivity contribution < 1.29 is 0 Å². The van der Waals surface area contributed by atoms with E-state index >= 15 is 0 Å². The third-order valence-corrected chi connectivity index (χ3v) is 2.98. The van der Waals surface area contributed by atoms with Crippen LogP contribution in [-0.2, 0) is 6.54 Å². The number of hydrogen-bond donors (Lipinski definition) is 2. The maximum Gasteiger partial charge on any atom is 0.222 e. The largest absolute Gasteiger partial charge is 0.313 e. The van der Waals surface area contributed by atoms with Gasteiger partial charge in [-0.15, -0.1) is 0 Å². The average Bonchev–Trinajstić information content (AvgIpc) is 2.30. The standard InChI is InChI=1S/C11H17ClN4/c12-11-15-6-4-10(16-11)8-13-7-9-3-1-2-5-14-9/h4,6,9,13-14H,1-3,5,7-8H2. The smallest absolute Gasteiger partial charge is 0.222 e. The molecule has 5 heteroatoms. The first-order valence-corrected chi connectivity index (χ1v) is 6.14. The Morgan fingerprint density at radius 3 is 3.19 bits per heavy atom. The molecule has 4 nitrogen and oxygen atoms in total. The molecule has 2 rings (SSSR count). The maximum absolute atomic E-state index is 5.71. The van der Waals surface area contributed by atoms with E-state index < -0.39 is 0 Å². The summed E-state index contributed by atoms with van der Waals surface area (Å²) in [7, 11) is 0. The Kier molecular flexibility index (Phi) is 4.51. The van der Waals surface area contributed by atoms with Gasteiger partial charge in [-0.05, 0) is 37.1 Å². The summed E-state index contributed by atoms with van der Waals surface area (Å²) in [5.74, 6) is 0. The van der Waals surface area contributed by atoms with Gasteiger partial charge in [-0.3, -0.25) is 0 Å². The van der Waals surface area contributed by atoms with Crippen LogP contribution in [0.5, 0.6) is 0 Å². The van der Waals surface area contributed by atoms with Crippen molar-refractivity contribution in [1.82, 2.24) is 20.6 Å². The van der Waals surface area contributed by atoms with E-state index in [9.17, 15) is 0 Å². The molecule has 2 N–H and O–H groups in total. The van der Waals surface area contributed by atoms with Gasteiger partial charge in [0.2, 0.25) is 5.28 Å². The zero-order valence-electron chi connectivity index (χ0n) is 9.25. The molecule has 2 heterocycles. The van der Waals surface area contributed by atoms with E-state index in [1.165, 1.54) is 19.3 Å². The Hall–Kier alpha value is -0.710. The van der Waals surface area contributed by atoms with Gasteiger partial charge in [0.15, 0.2) is 0 Å². The van der Waals surface area contributed by atoms with E-state index in [1.54, 1.807) is 6.20 Å². The summed E-state index contributed by atoms with van der Waals surface area (Å²) < 4.78 is 0. The van der Waals surface area contributed by atoms with Crippen molar-refractivity contribution >= 4 is 11.6 Å². The van der Waals surface area contributed by atoms with E-state index in [2.05, 4.69) is 20.6 Å². The first-order chi connectivity index (χ1) is 7.84. The fraction of sp³-hybridized carbons (Fsp3) is 0.636. The monoisotopic (exact) mass is 240 g/mol. The van der Waals surface area contributed by atoms with Crippen molar-refractivity contribution in [2.75, 3.05) is 13.1 Å². The minimum Gasteiger partial charge on any atom is -0.313 e. The molecule has 1 aromatic rings. The van der Waals surface area contributed by atoms with Gasteiger partial charge in [0.25, 0.3) is 0 Å². The lowest BCUT2D eigenvalue weighted by molar-refractivity contribution is 0.382. The zero-order valence-corrected chi connectivity index (χ0v) is 10.0. The predicted molar refractivity (Wildman–Crippen MR) is 64.4 cm³/mol. The molecule has 88 valence electrons. The van der Waals surface area contributed by atoms with Crippen LogP contribution in [-0.4, -0.2) is 29.1 Å². The van der Waals surface area contributed by atoms with Gasteiger partial charge < -0.3 is 10.6 Å². The molecular weight excluding hydrogens is 224 g/mol. The van der Waals surface area contributed by atoms with Crippen LogP contribution in [0.2, 0.25) is 5.28 Å². The lowest BCUT2D eigenvalue weighted by Gasteiger charge is -2.23. The quantitative estimate of drug-likeness (QED) is 0.781. The molecule has 1 unspecified atom stereocenters. The molecule has 1 fully saturated rings. The zero-order chi connectivity index (χ0) is 11.2. The summed E-state index contributed by atoms with van der Waals surface area (Å²) in [4.78, 5) is 7.98. The molecule has 1 aliphatic rings. The van der Waals surface area contributed by atoms with Crippen LogP contribution >= 0.6 is 11.6 Å². The molecule has 16 heavy (non-hydrogen) atoms. The van der Waals surface area contributed by atoms with E-state index in [-0.39, 0.29) is 0 Å². The van der Waals surface area contributed by atoms with Crippen molar-refractivity contribution in [3.8, 4) is 0 Å². The van der Waals surface area contributed by atoms with Crippen LogP contribution < -0.4 is 10.6 Å². The van der Waals surface area contributed by atoms with Gasteiger partial charge >= 0.3 is 0 Å². The summed E-state index contributed by atoms with van der Waals surface area (Å²) in [6.45, 7) is 2.88. The molecule has 1 aromatic heterocycles. The number of nitrogens with zero attached hydrogens (tertiary/aromatic N) is 2. The average molecular weight is 241 g/mol. The van der Waals surface area contributed by atoms with Gasteiger partial charge in [-0.25, -0.2) is 9.97 Å². The van der Waals surface area contributed by atoms with Crippen LogP contribution in [0.1, 0.15) is 25.0 Å². The van der Waals surface area contributed by atoms with Crippen LogP contribution in [0.15, 0.2) is 12.3 Å². The molecule has 0 amide bonds. The number of aromatic nitrogens is 2. The molecule has 0 radical (unpaired) electrons. The van der Waals surface area contributed by atoms with Crippen molar-refractivity contribution in [3.05, 3.63) is 23.2 Å². The van der Waals surface area contributed by atoms with E-state index in [0.29, 0.717) is 11.3 Å². The highest BCUT2D eigenvalue weighted by atomic mass is 35.5. The van der Waals surface area contributed by atoms with Gasteiger partial charge in [-0.2, -0.15) is 0 Å². The minimum absolute atomic E-state index is 0.315. The van der Waals surface area contributed by atoms with Crippen LogP contribution in [0.25, 0.3) is 0 Å². The van der Waals surface area contributed by atoms with Crippen molar-refractivity contribution in [3.63, 3.8) is 0 Å². The van der Waals surface area contributed by atoms with Gasteiger partial charge in [0, 0.05) is 25.3 Å². The summed E-state index contributed by atoms with van der Waals surface area (Å²) >= 11 is 5.71. The molecule has 0 saturated carbocycles. The Bertz CT molecular complexity index is 326. The Balaban J connectivity index is 1.71. The molecular formula is C11H17ClN4.